The first kappa shape index (κ1) is 20.4. The van der Waals surface area contributed by atoms with Crippen LogP contribution in [0.15, 0.2) is 47.4 Å². The Labute approximate surface area is 166 Å². The van der Waals surface area contributed by atoms with Gasteiger partial charge in [-0.2, -0.15) is 0 Å². The third-order valence-electron chi connectivity index (χ3n) is 5.00. The average molecular weight is 403 g/mol. The predicted octanol–water partition coefficient (Wildman–Crippen LogP) is 2.86. The molecule has 0 aromatic heterocycles. The molecule has 1 heterocycles. The smallest absolute Gasteiger partial charge is 0.267 e. The highest BCUT2D eigenvalue weighted by Gasteiger charge is 2.30. The van der Waals surface area contributed by atoms with Crippen molar-refractivity contribution in [3.63, 3.8) is 0 Å². The minimum absolute atomic E-state index is 0.132. The van der Waals surface area contributed by atoms with Crippen LogP contribution in [0.3, 0.4) is 0 Å². The van der Waals surface area contributed by atoms with Crippen LogP contribution in [0.25, 0.3) is 0 Å². The van der Waals surface area contributed by atoms with Gasteiger partial charge in [-0.3, -0.25) is 4.79 Å². The second kappa shape index (κ2) is 7.93. The quantitative estimate of drug-likeness (QED) is 0.745. The molecule has 0 saturated heterocycles. The number of carbonyl (C=O) groups is 1. The van der Waals surface area contributed by atoms with Gasteiger partial charge in [0, 0.05) is 26.3 Å². The summed E-state index contributed by atoms with van der Waals surface area (Å²) in [6.07, 6.45) is 0.812. The number of sulfonamides is 1. The van der Waals surface area contributed by atoms with Crippen LogP contribution in [0.5, 0.6) is 5.75 Å². The van der Waals surface area contributed by atoms with Gasteiger partial charge in [0.05, 0.1) is 4.90 Å². The molecule has 7 heteroatoms. The van der Waals surface area contributed by atoms with Gasteiger partial charge in [0.15, 0.2) is 6.10 Å². The number of nitrogens with zero attached hydrogens (tertiary/aromatic N) is 2. The lowest BCUT2D eigenvalue weighted by molar-refractivity contribution is -0.124. The second-order valence-corrected chi connectivity index (χ2v) is 9.19. The third-order valence-corrected chi connectivity index (χ3v) is 6.81. The molecule has 1 aliphatic heterocycles. The van der Waals surface area contributed by atoms with Gasteiger partial charge < -0.3 is 9.64 Å². The van der Waals surface area contributed by atoms with Crippen molar-refractivity contribution >= 4 is 21.6 Å². The van der Waals surface area contributed by atoms with Gasteiger partial charge in [-0.25, -0.2) is 12.7 Å². The Kier molecular flexibility index (Phi) is 5.76. The van der Waals surface area contributed by atoms with Crippen molar-refractivity contribution < 1.29 is 17.9 Å². The van der Waals surface area contributed by atoms with E-state index >= 15 is 0 Å². The molecule has 0 spiro atoms. The van der Waals surface area contributed by atoms with E-state index in [0.29, 0.717) is 13.0 Å². The highest BCUT2D eigenvalue weighted by atomic mass is 32.2. The summed E-state index contributed by atoms with van der Waals surface area (Å²) in [6.45, 7) is 4.31. The molecule has 0 radical (unpaired) electrons. The number of carbonyl (C=O) groups excluding carboxylic acids is 1. The van der Waals surface area contributed by atoms with Crippen molar-refractivity contribution in [1.29, 1.82) is 0 Å². The Hall–Kier alpha value is -2.38. The Balaban J connectivity index is 1.80. The van der Waals surface area contributed by atoms with Gasteiger partial charge in [0.25, 0.3) is 5.91 Å². The summed E-state index contributed by atoms with van der Waals surface area (Å²) >= 11 is 0. The summed E-state index contributed by atoms with van der Waals surface area (Å²) in [6, 6.07) is 12.6. The van der Waals surface area contributed by atoms with Crippen molar-refractivity contribution in [2.45, 2.75) is 37.7 Å². The number of aryl methyl sites for hydroxylation is 1. The van der Waals surface area contributed by atoms with Crippen LogP contribution in [-0.2, 0) is 27.7 Å². The molecule has 0 aliphatic carbocycles. The van der Waals surface area contributed by atoms with Crippen molar-refractivity contribution in [2.75, 3.05) is 25.5 Å². The number of para-hydroxylation sites is 1. The molecular formula is C21H26N2O4S. The normalized spacial score (nSPS) is 14.8. The van der Waals surface area contributed by atoms with Crippen molar-refractivity contribution in [2.24, 2.45) is 0 Å². The molecule has 28 heavy (non-hydrogen) atoms. The van der Waals surface area contributed by atoms with Gasteiger partial charge in [0.2, 0.25) is 10.0 Å². The Morgan fingerprint density at radius 2 is 1.93 bits per heavy atom. The van der Waals surface area contributed by atoms with Crippen LogP contribution in [0, 0.1) is 0 Å². The van der Waals surface area contributed by atoms with Crippen LogP contribution in [0.1, 0.15) is 25.0 Å². The third kappa shape index (κ3) is 3.77. The van der Waals surface area contributed by atoms with Crippen molar-refractivity contribution in [3.8, 4) is 5.75 Å². The van der Waals surface area contributed by atoms with Crippen molar-refractivity contribution in [3.05, 3.63) is 53.6 Å². The number of rotatable bonds is 6. The van der Waals surface area contributed by atoms with E-state index in [0.717, 1.165) is 29.0 Å². The fourth-order valence-electron chi connectivity index (χ4n) is 3.35. The molecule has 1 unspecified atom stereocenters. The zero-order valence-electron chi connectivity index (χ0n) is 16.7. The molecule has 1 amide bonds. The minimum Gasteiger partial charge on any atom is -0.481 e. The number of benzene rings is 2. The SMILES string of the molecule is CCc1ccccc1OC(C)C(=O)N1CCc2cc(S(=O)(=O)N(C)C)ccc21. The predicted molar refractivity (Wildman–Crippen MR) is 109 cm³/mol. The maximum absolute atomic E-state index is 13.0. The van der Waals surface area contributed by atoms with E-state index in [1.165, 1.54) is 18.4 Å². The molecule has 0 fully saturated rings. The Morgan fingerprint density at radius 3 is 2.61 bits per heavy atom. The van der Waals surface area contributed by atoms with Gasteiger partial charge in [-0.15, -0.1) is 0 Å². The summed E-state index contributed by atoms with van der Waals surface area (Å²) in [5.41, 5.74) is 2.67. The number of hydrogen-bond acceptors (Lipinski definition) is 4. The van der Waals surface area contributed by atoms with E-state index in [-0.39, 0.29) is 10.8 Å². The lowest BCUT2D eigenvalue weighted by atomic mass is 10.1. The van der Waals surface area contributed by atoms with E-state index in [1.807, 2.05) is 31.2 Å². The van der Waals surface area contributed by atoms with E-state index in [4.69, 9.17) is 4.74 Å². The second-order valence-electron chi connectivity index (χ2n) is 7.04. The molecule has 150 valence electrons. The highest BCUT2D eigenvalue weighted by molar-refractivity contribution is 7.89. The van der Waals surface area contributed by atoms with Gasteiger partial charge >= 0.3 is 0 Å². The zero-order valence-corrected chi connectivity index (χ0v) is 17.5. The molecule has 1 atom stereocenters. The van der Waals surface area contributed by atoms with Crippen LogP contribution in [0.4, 0.5) is 5.69 Å². The van der Waals surface area contributed by atoms with E-state index in [1.54, 1.807) is 30.0 Å². The number of anilines is 1. The maximum atomic E-state index is 13.0. The summed E-state index contributed by atoms with van der Waals surface area (Å²) in [5.74, 6) is 0.588. The summed E-state index contributed by atoms with van der Waals surface area (Å²) in [4.78, 5) is 14.9. The standard InChI is InChI=1S/C21H26N2O4S/c1-5-16-8-6-7-9-20(16)27-15(2)21(24)23-13-12-17-14-18(10-11-19(17)23)28(25,26)22(3)4/h6-11,14-15H,5,12-13H2,1-4H3. The van der Waals surface area contributed by atoms with E-state index in [2.05, 4.69) is 0 Å². The average Bonchev–Trinajstić information content (AvgIpc) is 3.10. The zero-order chi connectivity index (χ0) is 20.5. The molecule has 6 nitrogen and oxygen atoms in total. The largest absolute Gasteiger partial charge is 0.481 e. The Bertz CT molecular complexity index is 986. The van der Waals surface area contributed by atoms with Gasteiger partial charge in [-0.1, -0.05) is 25.1 Å². The summed E-state index contributed by atoms with van der Waals surface area (Å²) < 4.78 is 31.8. The van der Waals surface area contributed by atoms with Crippen LogP contribution >= 0.6 is 0 Å². The topological polar surface area (TPSA) is 66.9 Å². The fourth-order valence-corrected chi connectivity index (χ4v) is 4.30. The van der Waals surface area contributed by atoms with Gasteiger partial charge in [-0.05, 0) is 55.2 Å². The molecule has 0 saturated carbocycles. The van der Waals surface area contributed by atoms with Crippen LogP contribution in [0.2, 0.25) is 0 Å². The molecular weight excluding hydrogens is 376 g/mol. The lowest BCUT2D eigenvalue weighted by Crippen LogP contribution is -2.39. The Morgan fingerprint density at radius 1 is 1.21 bits per heavy atom. The number of hydrogen-bond donors (Lipinski definition) is 0. The monoisotopic (exact) mass is 402 g/mol. The van der Waals surface area contributed by atoms with E-state index in [9.17, 15) is 13.2 Å². The van der Waals surface area contributed by atoms with Crippen LogP contribution < -0.4 is 9.64 Å². The minimum atomic E-state index is -3.50. The maximum Gasteiger partial charge on any atom is 0.267 e. The molecule has 1 aliphatic rings. The lowest BCUT2D eigenvalue weighted by Gasteiger charge is -2.23. The molecule has 3 rings (SSSR count). The van der Waals surface area contributed by atoms with E-state index < -0.39 is 16.1 Å². The van der Waals surface area contributed by atoms with Crippen molar-refractivity contribution in [1.82, 2.24) is 4.31 Å². The molecule has 2 aromatic rings. The first-order chi connectivity index (χ1) is 13.3. The first-order valence-electron chi connectivity index (χ1n) is 9.37. The molecule has 0 N–H and O–H groups in total. The van der Waals surface area contributed by atoms with Gasteiger partial charge in [0.1, 0.15) is 5.75 Å². The number of ether oxygens (including phenoxy) is 1. The fraction of sp³-hybridized carbons (Fsp3) is 0.381. The summed E-state index contributed by atoms with van der Waals surface area (Å²) in [5, 5.41) is 0. The summed E-state index contributed by atoms with van der Waals surface area (Å²) in [7, 11) is -0.485. The number of amides is 1. The highest BCUT2D eigenvalue weighted by Crippen LogP contribution is 2.32. The molecule has 2 aromatic carbocycles. The first-order valence-corrected chi connectivity index (χ1v) is 10.8. The van der Waals surface area contributed by atoms with Crippen LogP contribution in [-0.4, -0.2) is 45.4 Å². The number of fused-ring (bicyclic) bond motifs is 1. The molecule has 0 bridgehead atoms.